The first-order chi connectivity index (χ1) is 11.2. The molecule has 1 aromatic carbocycles. The number of hydrogen-bond donors (Lipinski definition) is 2. The smallest absolute Gasteiger partial charge is 0.410 e. The van der Waals surface area contributed by atoms with Gasteiger partial charge in [0.2, 0.25) is 0 Å². The van der Waals surface area contributed by atoms with Crippen molar-refractivity contribution >= 4 is 38.0 Å². The van der Waals surface area contributed by atoms with Gasteiger partial charge in [-0.1, -0.05) is 0 Å². The van der Waals surface area contributed by atoms with Gasteiger partial charge in [-0.15, -0.1) is 0 Å². The number of phenolic OH excluding ortho intramolecular Hbond substituents is 1. The van der Waals surface area contributed by atoms with E-state index in [0.29, 0.717) is 21.4 Å². The van der Waals surface area contributed by atoms with Crippen molar-refractivity contribution in [3.05, 3.63) is 26.6 Å². The Morgan fingerprint density at radius 2 is 2.00 bits per heavy atom. The molecule has 1 aliphatic heterocycles. The van der Waals surface area contributed by atoms with Crippen LogP contribution in [-0.4, -0.2) is 41.3 Å². The van der Waals surface area contributed by atoms with Gasteiger partial charge in [0.1, 0.15) is 11.4 Å². The Hall–Kier alpha value is -0.790. The molecular formula is C17H24Br2N2O3. The second-order valence-electron chi connectivity index (χ2n) is 7.12. The summed E-state index contributed by atoms with van der Waals surface area (Å²) in [6.45, 7) is 8.67. The van der Waals surface area contributed by atoms with Gasteiger partial charge in [-0.25, -0.2) is 4.79 Å². The summed E-state index contributed by atoms with van der Waals surface area (Å²) in [7, 11) is 0. The number of halogens is 2. The summed E-state index contributed by atoms with van der Waals surface area (Å²) in [5.41, 5.74) is 0.626. The third kappa shape index (κ3) is 5.63. The number of phenols is 1. The average molecular weight is 464 g/mol. The topological polar surface area (TPSA) is 61.8 Å². The molecule has 1 atom stereocenters. The molecule has 1 amide bonds. The Labute approximate surface area is 160 Å². The van der Waals surface area contributed by atoms with E-state index in [1.807, 2.05) is 32.9 Å². The number of aromatic hydroxyl groups is 1. The van der Waals surface area contributed by atoms with Crippen molar-refractivity contribution in [2.75, 3.05) is 19.6 Å². The molecule has 1 fully saturated rings. The molecule has 0 saturated carbocycles. The van der Waals surface area contributed by atoms with E-state index in [1.54, 1.807) is 4.90 Å². The molecule has 2 N–H and O–H groups in total. The molecule has 1 saturated heterocycles. The van der Waals surface area contributed by atoms with E-state index >= 15 is 0 Å². The summed E-state index contributed by atoms with van der Waals surface area (Å²) < 4.78 is 6.76. The first-order valence-electron chi connectivity index (χ1n) is 8.01. The maximum absolute atomic E-state index is 12.1. The molecule has 1 heterocycles. The fourth-order valence-electron chi connectivity index (χ4n) is 2.63. The minimum absolute atomic E-state index is 0.211. The maximum Gasteiger partial charge on any atom is 0.410 e. The molecule has 0 bridgehead atoms. The fraction of sp³-hybridized carbons (Fsp3) is 0.588. The van der Waals surface area contributed by atoms with Crippen LogP contribution in [0.1, 0.15) is 32.8 Å². The highest BCUT2D eigenvalue weighted by atomic mass is 79.9. The lowest BCUT2D eigenvalue weighted by Crippen LogP contribution is -2.36. The lowest BCUT2D eigenvalue weighted by molar-refractivity contribution is 0.0288. The predicted octanol–water partition coefficient (Wildman–Crippen LogP) is 4.26. The standard InChI is InChI=1S/C17H24Br2N2O3/c1-17(2,3)24-16(23)21-5-4-11(10-21)8-20-9-12-6-13(18)15(22)14(19)7-12/h6-7,11,20,22H,4-5,8-10H2,1-3H3. The van der Waals surface area contributed by atoms with E-state index in [9.17, 15) is 9.90 Å². The summed E-state index contributed by atoms with van der Waals surface area (Å²) >= 11 is 6.67. The highest BCUT2D eigenvalue weighted by Gasteiger charge is 2.29. The number of hydrogen-bond acceptors (Lipinski definition) is 4. The SMILES string of the molecule is CC(C)(C)OC(=O)N1CCC(CNCc2cc(Br)c(O)c(Br)c2)C1. The van der Waals surface area contributed by atoms with Gasteiger partial charge in [-0.2, -0.15) is 0 Å². The van der Waals surface area contributed by atoms with Gasteiger partial charge >= 0.3 is 6.09 Å². The highest BCUT2D eigenvalue weighted by Crippen LogP contribution is 2.33. The van der Waals surface area contributed by atoms with Crippen molar-refractivity contribution in [3.63, 3.8) is 0 Å². The molecule has 0 radical (unpaired) electrons. The molecule has 0 spiro atoms. The zero-order valence-corrected chi connectivity index (χ0v) is 17.4. The van der Waals surface area contributed by atoms with E-state index < -0.39 is 5.60 Å². The molecule has 2 rings (SSSR count). The van der Waals surface area contributed by atoms with Crippen LogP contribution in [0, 0.1) is 5.92 Å². The molecule has 1 aromatic rings. The number of nitrogens with zero attached hydrogens (tertiary/aromatic N) is 1. The monoisotopic (exact) mass is 462 g/mol. The lowest BCUT2D eigenvalue weighted by Gasteiger charge is -2.24. The van der Waals surface area contributed by atoms with E-state index in [-0.39, 0.29) is 11.8 Å². The van der Waals surface area contributed by atoms with Crippen LogP contribution >= 0.6 is 31.9 Å². The number of likely N-dealkylation sites (tertiary alicyclic amines) is 1. The first-order valence-corrected chi connectivity index (χ1v) is 9.60. The average Bonchev–Trinajstić information content (AvgIpc) is 2.92. The Balaban J connectivity index is 1.77. The second kappa shape index (κ2) is 8.06. The third-order valence-electron chi connectivity index (χ3n) is 3.78. The Kier molecular flexibility index (Phi) is 6.56. The largest absolute Gasteiger partial charge is 0.506 e. The van der Waals surface area contributed by atoms with Gasteiger partial charge in [0.05, 0.1) is 8.95 Å². The Bertz CT molecular complexity index is 579. The first kappa shape index (κ1) is 19.5. The van der Waals surface area contributed by atoms with Crippen LogP contribution < -0.4 is 5.32 Å². The highest BCUT2D eigenvalue weighted by molar-refractivity contribution is 9.11. The van der Waals surface area contributed by atoms with Gasteiger partial charge in [-0.05, 0) is 82.7 Å². The third-order valence-corrected chi connectivity index (χ3v) is 4.99. The van der Waals surface area contributed by atoms with Gasteiger partial charge in [0.15, 0.2) is 0 Å². The number of carbonyl (C=O) groups excluding carboxylic acids is 1. The Morgan fingerprint density at radius 1 is 1.38 bits per heavy atom. The number of rotatable bonds is 4. The van der Waals surface area contributed by atoms with Gasteiger partial charge in [0.25, 0.3) is 0 Å². The molecule has 24 heavy (non-hydrogen) atoms. The number of benzene rings is 1. The van der Waals surface area contributed by atoms with Crippen molar-refractivity contribution in [1.29, 1.82) is 0 Å². The number of ether oxygens (including phenoxy) is 1. The summed E-state index contributed by atoms with van der Waals surface area (Å²) in [6, 6.07) is 3.80. The molecular weight excluding hydrogens is 440 g/mol. The molecule has 5 nitrogen and oxygen atoms in total. The number of carbonyl (C=O) groups is 1. The number of nitrogens with one attached hydrogen (secondary N) is 1. The Morgan fingerprint density at radius 3 is 2.58 bits per heavy atom. The minimum atomic E-state index is -0.451. The molecule has 134 valence electrons. The summed E-state index contributed by atoms with van der Waals surface area (Å²) in [6.07, 6.45) is 0.756. The summed E-state index contributed by atoms with van der Waals surface area (Å²) in [5, 5.41) is 13.2. The fourth-order valence-corrected chi connectivity index (χ4v) is 3.91. The van der Waals surface area contributed by atoms with Crippen LogP contribution in [0.2, 0.25) is 0 Å². The maximum atomic E-state index is 12.1. The van der Waals surface area contributed by atoms with E-state index in [1.165, 1.54) is 0 Å². The van der Waals surface area contributed by atoms with Crippen LogP contribution in [0.5, 0.6) is 5.75 Å². The van der Waals surface area contributed by atoms with E-state index in [4.69, 9.17) is 4.74 Å². The molecule has 7 heteroatoms. The molecule has 1 aliphatic rings. The van der Waals surface area contributed by atoms with Gasteiger partial charge in [0, 0.05) is 26.2 Å². The summed E-state index contributed by atoms with van der Waals surface area (Å²) in [5.74, 6) is 0.643. The van der Waals surface area contributed by atoms with Crippen molar-refractivity contribution in [1.82, 2.24) is 10.2 Å². The normalized spacial score (nSPS) is 18.0. The molecule has 0 aromatic heterocycles. The van der Waals surface area contributed by atoms with Crippen LogP contribution in [-0.2, 0) is 11.3 Å². The van der Waals surface area contributed by atoms with E-state index in [2.05, 4.69) is 37.2 Å². The van der Waals surface area contributed by atoms with Crippen LogP contribution in [0.25, 0.3) is 0 Å². The second-order valence-corrected chi connectivity index (χ2v) is 8.83. The van der Waals surface area contributed by atoms with Gasteiger partial charge in [-0.3, -0.25) is 0 Å². The quantitative estimate of drug-likeness (QED) is 0.700. The summed E-state index contributed by atoms with van der Waals surface area (Å²) in [4.78, 5) is 13.8. The van der Waals surface area contributed by atoms with Crippen molar-refractivity contribution in [2.45, 2.75) is 39.3 Å². The van der Waals surface area contributed by atoms with Crippen LogP contribution in [0.15, 0.2) is 21.1 Å². The zero-order chi connectivity index (χ0) is 17.9. The number of amides is 1. The van der Waals surface area contributed by atoms with Crippen molar-refractivity contribution < 1.29 is 14.6 Å². The predicted molar refractivity (Wildman–Crippen MR) is 101 cm³/mol. The molecule has 1 unspecified atom stereocenters. The van der Waals surface area contributed by atoms with Crippen molar-refractivity contribution in [2.24, 2.45) is 5.92 Å². The minimum Gasteiger partial charge on any atom is -0.506 e. The lowest BCUT2D eigenvalue weighted by atomic mass is 10.1. The van der Waals surface area contributed by atoms with Gasteiger partial charge < -0.3 is 20.1 Å². The van der Waals surface area contributed by atoms with Crippen LogP contribution in [0.4, 0.5) is 4.79 Å². The van der Waals surface area contributed by atoms with Crippen molar-refractivity contribution in [3.8, 4) is 5.75 Å². The molecule has 0 aliphatic carbocycles. The van der Waals surface area contributed by atoms with Crippen LogP contribution in [0.3, 0.4) is 0 Å². The zero-order valence-electron chi connectivity index (χ0n) is 14.2. The van der Waals surface area contributed by atoms with E-state index in [0.717, 1.165) is 31.6 Å².